The molecule has 2 rings (SSSR count). The Morgan fingerprint density at radius 1 is 1.39 bits per heavy atom. The first kappa shape index (κ1) is 17.0. The Kier molecular flexibility index (Phi) is 5.70. The monoisotopic (exact) mass is 380 g/mol. The molecule has 7 heteroatoms. The average Bonchev–Trinajstić information content (AvgIpc) is 2.53. The van der Waals surface area contributed by atoms with E-state index in [9.17, 15) is 14.3 Å². The maximum absolute atomic E-state index is 12.8. The van der Waals surface area contributed by atoms with Crippen LogP contribution in [0.25, 0.3) is 0 Å². The van der Waals surface area contributed by atoms with Crippen LogP contribution in [-0.4, -0.2) is 23.8 Å². The summed E-state index contributed by atoms with van der Waals surface area (Å²) in [5.74, 6) is -0.556. The van der Waals surface area contributed by atoms with Gasteiger partial charge in [0.05, 0.1) is 17.3 Å². The van der Waals surface area contributed by atoms with E-state index < -0.39 is 11.7 Å². The van der Waals surface area contributed by atoms with Crippen LogP contribution in [0.15, 0.2) is 46.0 Å². The lowest BCUT2D eigenvalue weighted by Crippen LogP contribution is -2.17. The Balaban J connectivity index is 2.08. The molecule has 0 unspecified atom stereocenters. The first-order valence-electron chi connectivity index (χ1n) is 6.75. The zero-order valence-electron chi connectivity index (χ0n) is 12.2. The highest BCUT2D eigenvalue weighted by Gasteiger charge is 2.08. The summed E-state index contributed by atoms with van der Waals surface area (Å²) in [6, 6.07) is 8.35. The smallest absolute Gasteiger partial charge is 0.271 e. The fraction of sp³-hybridized carbons (Fsp3) is 0.125. The Labute approximate surface area is 140 Å². The minimum absolute atomic E-state index is 0.000604. The van der Waals surface area contributed by atoms with Crippen molar-refractivity contribution in [3.63, 3.8) is 0 Å². The topological polar surface area (TPSA) is 70.9 Å². The van der Waals surface area contributed by atoms with E-state index in [2.05, 4.69) is 26.5 Å². The fourth-order valence-corrected chi connectivity index (χ4v) is 2.22. The number of carbonyl (C=O) groups excluding carboxylic acids is 1. The van der Waals surface area contributed by atoms with E-state index in [1.807, 2.05) is 0 Å². The van der Waals surface area contributed by atoms with Crippen LogP contribution >= 0.6 is 15.9 Å². The molecule has 0 atom stereocenters. The van der Waals surface area contributed by atoms with Crippen LogP contribution in [0.3, 0.4) is 0 Å². The van der Waals surface area contributed by atoms with Gasteiger partial charge in [0.2, 0.25) is 0 Å². The van der Waals surface area contributed by atoms with Crippen LogP contribution in [0.4, 0.5) is 4.39 Å². The summed E-state index contributed by atoms with van der Waals surface area (Å²) in [6.45, 7) is 2.21. The highest BCUT2D eigenvalue weighted by atomic mass is 79.9. The summed E-state index contributed by atoms with van der Waals surface area (Å²) in [6.07, 6.45) is 1.41. The van der Waals surface area contributed by atoms with E-state index in [0.29, 0.717) is 28.0 Å². The van der Waals surface area contributed by atoms with Gasteiger partial charge in [-0.2, -0.15) is 5.10 Å². The summed E-state index contributed by atoms with van der Waals surface area (Å²) >= 11 is 3.22. The third-order valence-corrected chi connectivity index (χ3v) is 3.44. The Morgan fingerprint density at radius 3 is 2.74 bits per heavy atom. The van der Waals surface area contributed by atoms with Crippen LogP contribution < -0.4 is 10.2 Å². The number of carbonyl (C=O) groups is 1. The molecule has 1 amide bonds. The van der Waals surface area contributed by atoms with Crippen molar-refractivity contribution in [1.29, 1.82) is 0 Å². The molecule has 0 aromatic heterocycles. The van der Waals surface area contributed by atoms with Gasteiger partial charge in [0.1, 0.15) is 5.82 Å². The van der Waals surface area contributed by atoms with E-state index in [1.54, 1.807) is 19.1 Å². The van der Waals surface area contributed by atoms with Crippen molar-refractivity contribution < 1.29 is 19.0 Å². The molecule has 0 heterocycles. The number of aromatic hydroxyl groups is 1. The van der Waals surface area contributed by atoms with E-state index >= 15 is 0 Å². The third kappa shape index (κ3) is 4.53. The average molecular weight is 381 g/mol. The number of phenols is 1. The lowest BCUT2D eigenvalue weighted by molar-refractivity contribution is 0.0955. The Hall–Kier alpha value is -2.41. The normalized spacial score (nSPS) is 10.7. The molecule has 0 aliphatic heterocycles. The van der Waals surface area contributed by atoms with Gasteiger partial charge in [0.15, 0.2) is 11.5 Å². The molecule has 120 valence electrons. The summed E-state index contributed by atoms with van der Waals surface area (Å²) in [7, 11) is 0. The highest BCUT2D eigenvalue weighted by molar-refractivity contribution is 9.10. The van der Waals surface area contributed by atoms with E-state index in [4.69, 9.17) is 4.74 Å². The van der Waals surface area contributed by atoms with Crippen LogP contribution in [0.1, 0.15) is 22.8 Å². The lowest BCUT2D eigenvalue weighted by atomic mass is 10.2. The van der Waals surface area contributed by atoms with Gasteiger partial charge >= 0.3 is 0 Å². The zero-order valence-corrected chi connectivity index (χ0v) is 13.8. The molecular weight excluding hydrogens is 367 g/mol. The molecule has 0 saturated heterocycles. The number of halogens is 2. The summed E-state index contributed by atoms with van der Waals surface area (Å²) < 4.78 is 18.6. The van der Waals surface area contributed by atoms with Gasteiger partial charge in [0, 0.05) is 5.56 Å². The Morgan fingerprint density at radius 2 is 2.09 bits per heavy atom. The van der Waals surface area contributed by atoms with E-state index in [0.717, 1.165) is 0 Å². The first-order valence-corrected chi connectivity index (χ1v) is 7.55. The van der Waals surface area contributed by atoms with Gasteiger partial charge < -0.3 is 9.84 Å². The SMILES string of the molecule is CCOc1cc(C=NNC(=O)c2ccc(F)cc2)cc(Br)c1O. The second kappa shape index (κ2) is 7.73. The largest absolute Gasteiger partial charge is 0.503 e. The molecule has 2 aromatic rings. The van der Waals surface area contributed by atoms with Crippen molar-refractivity contribution in [2.75, 3.05) is 6.61 Å². The molecule has 0 aliphatic carbocycles. The molecule has 2 aromatic carbocycles. The Bertz CT molecular complexity index is 733. The van der Waals surface area contributed by atoms with Gasteiger partial charge in [-0.1, -0.05) is 0 Å². The minimum Gasteiger partial charge on any atom is -0.503 e. The van der Waals surface area contributed by atoms with Crippen LogP contribution in [0.2, 0.25) is 0 Å². The van der Waals surface area contributed by atoms with Crippen LogP contribution in [-0.2, 0) is 0 Å². The molecule has 0 bridgehead atoms. The third-order valence-electron chi connectivity index (χ3n) is 2.84. The lowest BCUT2D eigenvalue weighted by Gasteiger charge is -2.08. The molecule has 0 saturated carbocycles. The van der Waals surface area contributed by atoms with Crippen molar-refractivity contribution in [2.24, 2.45) is 5.10 Å². The molecule has 0 radical (unpaired) electrons. The fourth-order valence-electron chi connectivity index (χ4n) is 1.77. The van der Waals surface area contributed by atoms with Crippen LogP contribution in [0.5, 0.6) is 11.5 Å². The van der Waals surface area contributed by atoms with Gasteiger partial charge in [-0.3, -0.25) is 4.79 Å². The number of phenolic OH excluding ortho intramolecular Hbond substituents is 1. The zero-order chi connectivity index (χ0) is 16.8. The van der Waals surface area contributed by atoms with Gasteiger partial charge in [-0.05, 0) is 64.8 Å². The number of nitrogens with one attached hydrogen (secondary N) is 1. The second-order valence-electron chi connectivity index (χ2n) is 4.49. The maximum atomic E-state index is 12.8. The van der Waals surface area contributed by atoms with Crippen LogP contribution in [0, 0.1) is 5.82 Å². The molecule has 5 nitrogen and oxygen atoms in total. The van der Waals surface area contributed by atoms with Crippen molar-refractivity contribution in [3.8, 4) is 11.5 Å². The quantitative estimate of drug-likeness (QED) is 0.616. The number of benzene rings is 2. The molecule has 2 N–H and O–H groups in total. The minimum atomic E-state index is -0.455. The number of amides is 1. The molecular formula is C16H14BrFN2O3. The predicted octanol–water partition coefficient (Wildman–Crippen LogP) is 3.46. The van der Waals surface area contributed by atoms with E-state index in [-0.39, 0.29) is 5.75 Å². The van der Waals surface area contributed by atoms with Crippen molar-refractivity contribution in [3.05, 3.63) is 57.8 Å². The number of rotatable bonds is 5. The van der Waals surface area contributed by atoms with Crippen molar-refractivity contribution in [1.82, 2.24) is 5.43 Å². The first-order chi connectivity index (χ1) is 11.0. The number of nitrogens with zero attached hydrogens (tertiary/aromatic N) is 1. The van der Waals surface area contributed by atoms with Crippen molar-refractivity contribution in [2.45, 2.75) is 6.92 Å². The molecule has 0 fully saturated rings. The van der Waals surface area contributed by atoms with Crippen molar-refractivity contribution >= 4 is 28.1 Å². The van der Waals surface area contributed by atoms with Gasteiger partial charge in [-0.15, -0.1) is 0 Å². The standard InChI is InChI=1S/C16H14BrFN2O3/c1-2-23-14-8-10(7-13(17)15(14)21)9-19-20-16(22)11-3-5-12(18)6-4-11/h3-9,21H,2H2,1H3,(H,20,22). The number of ether oxygens (including phenoxy) is 1. The highest BCUT2D eigenvalue weighted by Crippen LogP contribution is 2.34. The maximum Gasteiger partial charge on any atom is 0.271 e. The summed E-state index contributed by atoms with van der Waals surface area (Å²) in [5, 5.41) is 13.7. The summed E-state index contributed by atoms with van der Waals surface area (Å²) in [5.41, 5.74) is 3.26. The number of hydrazone groups is 1. The number of hydrogen-bond donors (Lipinski definition) is 2. The van der Waals surface area contributed by atoms with E-state index in [1.165, 1.54) is 30.5 Å². The second-order valence-corrected chi connectivity index (χ2v) is 5.34. The summed E-state index contributed by atoms with van der Waals surface area (Å²) in [4.78, 5) is 11.8. The molecule has 0 aliphatic rings. The molecule has 23 heavy (non-hydrogen) atoms. The molecule has 0 spiro atoms. The number of hydrogen-bond acceptors (Lipinski definition) is 4. The van der Waals surface area contributed by atoms with Gasteiger partial charge in [0.25, 0.3) is 5.91 Å². The van der Waals surface area contributed by atoms with Gasteiger partial charge in [-0.25, -0.2) is 9.82 Å². The predicted molar refractivity (Wildman–Crippen MR) is 88.4 cm³/mol.